The van der Waals surface area contributed by atoms with Gasteiger partial charge < -0.3 is 0 Å². The van der Waals surface area contributed by atoms with Gasteiger partial charge in [-0.1, -0.05) is 29.8 Å². The molecular weight excluding hydrogens is 320 g/mol. The van der Waals surface area contributed by atoms with Gasteiger partial charge in [0.25, 0.3) is 0 Å². The summed E-state index contributed by atoms with van der Waals surface area (Å²) in [6.07, 6.45) is 3.21. The van der Waals surface area contributed by atoms with Crippen LogP contribution in [0.2, 0.25) is 0 Å². The van der Waals surface area contributed by atoms with Crippen molar-refractivity contribution in [1.29, 1.82) is 0 Å². The maximum absolute atomic E-state index is 4.58. The van der Waals surface area contributed by atoms with Crippen LogP contribution in [0, 0.1) is 0 Å². The third-order valence-corrected chi connectivity index (χ3v) is 3.85. The highest BCUT2D eigenvalue weighted by molar-refractivity contribution is 9.10. The average Bonchev–Trinajstić information content (AvgIpc) is 2.51. The van der Waals surface area contributed by atoms with Gasteiger partial charge in [-0.25, -0.2) is 0 Å². The third-order valence-electron chi connectivity index (χ3n) is 2.47. The van der Waals surface area contributed by atoms with Crippen molar-refractivity contribution in [3.8, 4) is 0 Å². The van der Waals surface area contributed by atoms with Gasteiger partial charge in [0.15, 0.2) is 0 Å². The molecule has 86 valence electrons. The van der Waals surface area contributed by atoms with Gasteiger partial charge >= 0.3 is 0 Å². The first-order valence-corrected chi connectivity index (χ1v) is 7.19. The van der Waals surface area contributed by atoms with Gasteiger partial charge in [0.1, 0.15) is 0 Å². The lowest BCUT2D eigenvalue weighted by atomic mass is 10.2. The summed E-state index contributed by atoms with van der Waals surface area (Å²) in [6, 6.07) is 0. The molecule has 1 heterocycles. The molecule has 2 nitrogen and oxygen atoms in total. The Kier molecular flexibility index (Phi) is 5.33. The van der Waals surface area contributed by atoms with E-state index in [0.29, 0.717) is 4.83 Å². The summed E-state index contributed by atoms with van der Waals surface area (Å²) in [4.78, 5) is 0.565. The highest BCUT2D eigenvalue weighted by Crippen LogP contribution is 2.24. The predicted molar refractivity (Wildman–Crippen MR) is 71.7 cm³/mol. The summed E-state index contributed by atoms with van der Waals surface area (Å²) < 4.78 is 3.32. The molecule has 1 unspecified atom stereocenters. The molecule has 0 amide bonds. The summed E-state index contributed by atoms with van der Waals surface area (Å²) in [5.41, 5.74) is 2.51. The molecule has 0 aromatic carbocycles. The van der Waals surface area contributed by atoms with Crippen molar-refractivity contribution in [1.82, 2.24) is 9.78 Å². The highest BCUT2D eigenvalue weighted by Gasteiger charge is 2.13. The van der Waals surface area contributed by atoms with Crippen molar-refractivity contribution in [3.63, 3.8) is 0 Å². The normalized spacial score (nSPS) is 13.1. The number of hydrogen-bond acceptors (Lipinski definition) is 1. The Morgan fingerprint density at radius 3 is 2.53 bits per heavy atom. The van der Waals surface area contributed by atoms with Crippen molar-refractivity contribution in [3.05, 3.63) is 15.9 Å². The predicted octanol–water partition coefficient (Wildman–Crippen LogP) is 3.94. The first kappa shape index (κ1) is 13.2. The number of hydrogen-bond donors (Lipinski definition) is 0. The van der Waals surface area contributed by atoms with Crippen LogP contribution in [-0.2, 0) is 19.4 Å². The molecule has 1 rings (SSSR count). The van der Waals surface area contributed by atoms with Crippen LogP contribution < -0.4 is 0 Å². The van der Waals surface area contributed by atoms with Crippen molar-refractivity contribution >= 4 is 31.9 Å². The van der Waals surface area contributed by atoms with E-state index in [2.05, 4.69) is 62.4 Å². The second-order valence-corrected chi connectivity index (χ2v) is 6.05. The summed E-state index contributed by atoms with van der Waals surface area (Å²) >= 11 is 7.24. The molecule has 0 saturated carbocycles. The van der Waals surface area contributed by atoms with E-state index >= 15 is 0 Å². The lowest BCUT2D eigenvalue weighted by molar-refractivity contribution is 0.603. The van der Waals surface area contributed by atoms with E-state index in [9.17, 15) is 0 Å². The molecule has 15 heavy (non-hydrogen) atoms. The van der Waals surface area contributed by atoms with Crippen LogP contribution in [0.25, 0.3) is 0 Å². The topological polar surface area (TPSA) is 17.8 Å². The Labute approximate surface area is 109 Å². The quantitative estimate of drug-likeness (QED) is 0.744. The number of alkyl halides is 1. The molecule has 1 aromatic rings. The zero-order valence-electron chi connectivity index (χ0n) is 9.56. The van der Waals surface area contributed by atoms with Crippen LogP contribution in [0.3, 0.4) is 0 Å². The maximum atomic E-state index is 4.58. The van der Waals surface area contributed by atoms with E-state index in [1.807, 2.05) is 0 Å². The third kappa shape index (κ3) is 3.31. The van der Waals surface area contributed by atoms with Crippen molar-refractivity contribution in [2.24, 2.45) is 0 Å². The molecule has 0 bridgehead atoms. The van der Waals surface area contributed by atoms with Crippen LogP contribution in [0.5, 0.6) is 0 Å². The first-order chi connectivity index (χ1) is 7.10. The van der Waals surface area contributed by atoms with Crippen molar-refractivity contribution in [2.75, 3.05) is 0 Å². The summed E-state index contributed by atoms with van der Waals surface area (Å²) in [6.45, 7) is 7.41. The summed E-state index contributed by atoms with van der Waals surface area (Å²) in [7, 11) is 0. The smallest absolute Gasteiger partial charge is 0.0766 e. The van der Waals surface area contributed by atoms with E-state index in [0.717, 1.165) is 25.8 Å². The molecular formula is C11H18Br2N2. The molecule has 4 heteroatoms. The van der Waals surface area contributed by atoms with Gasteiger partial charge in [0, 0.05) is 11.4 Å². The summed E-state index contributed by atoms with van der Waals surface area (Å²) in [5.74, 6) is 0. The van der Waals surface area contributed by atoms with Gasteiger partial charge in [-0.3, -0.25) is 4.68 Å². The monoisotopic (exact) mass is 336 g/mol. The maximum Gasteiger partial charge on any atom is 0.0766 e. The van der Waals surface area contributed by atoms with Crippen LogP contribution in [0.4, 0.5) is 0 Å². The molecule has 0 N–H and O–H groups in total. The number of halogens is 2. The highest BCUT2D eigenvalue weighted by atomic mass is 79.9. The van der Waals surface area contributed by atoms with Gasteiger partial charge in [-0.2, -0.15) is 5.10 Å². The number of rotatable bonds is 5. The van der Waals surface area contributed by atoms with E-state index < -0.39 is 0 Å². The van der Waals surface area contributed by atoms with Crippen molar-refractivity contribution < 1.29 is 0 Å². The minimum atomic E-state index is 0.565. The molecule has 0 spiro atoms. The molecule has 0 aliphatic carbocycles. The Morgan fingerprint density at radius 2 is 2.07 bits per heavy atom. The Hall–Kier alpha value is 0.170. The van der Waals surface area contributed by atoms with E-state index in [1.54, 1.807) is 0 Å². The van der Waals surface area contributed by atoms with Gasteiger partial charge in [-0.05, 0) is 42.1 Å². The lowest BCUT2D eigenvalue weighted by Gasteiger charge is -2.06. The Bertz CT molecular complexity index is 319. The summed E-state index contributed by atoms with van der Waals surface area (Å²) in [5, 5.41) is 4.58. The number of nitrogens with zero attached hydrogens (tertiary/aromatic N) is 2. The Morgan fingerprint density at radius 1 is 1.40 bits per heavy atom. The molecule has 0 radical (unpaired) electrons. The van der Waals surface area contributed by atoms with Gasteiger partial charge in [-0.15, -0.1) is 0 Å². The van der Waals surface area contributed by atoms with Crippen LogP contribution in [0.15, 0.2) is 4.47 Å². The lowest BCUT2D eigenvalue weighted by Crippen LogP contribution is -2.05. The van der Waals surface area contributed by atoms with Crippen LogP contribution in [0.1, 0.15) is 38.6 Å². The molecule has 0 fully saturated rings. The molecule has 1 aromatic heterocycles. The second kappa shape index (κ2) is 6.04. The van der Waals surface area contributed by atoms with E-state index in [4.69, 9.17) is 0 Å². The largest absolute Gasteiger partial charge is 0.268 e. The second-order valence-electron chi connectivity index (χ2n) is 3.70. The molecule has 0 aliphatic heterocycles. The Balaban J connectivity index is 2.88. The SMILES string of the molecule is CCc1nn(CC)c(CCC(C)Br)c1Br. The first-order valence-electron chi connectivity index (χ1n) is 5.48. The van der Waals surface area contributed by atoms with Crippen LogP contribution >= 0.6 is 31.9 Å². The molecule has 0 saturated heterocycles. The van der Waals surface area contributed by atoms with E-state index in [1.165, 1.54) is 15.9 Å². The zero-order valence-corrected chi connectivity index (χ0v) is 12.7. The van der Waals surface area contributed by atoms with Crippen LogP contribution in [-0.4, -0.2) is 14.6 Å². The molecule has 0 aliphatic rings. The van der Waals surface area contributed by atoms with Gasteiger partial charge in [0.05, 0.1) is 15.9 Å². The van der Waals surface area contributed by atoms with Crippen molar-refractivity contribution in [2.45, 2.75) is 51.4 Å². The molecule has 1 atom stereocenters. The fraction of sp³-hybridized carbons (Fsp3) is 0.727. The fourth-order valence-corrected chi connectivity index (χ4v) is 2.58. The van der Waals surface area contributed by atoms with E-state index in [-0.39, 0.29) is 0 Å². The van der Waals surface area contributed by atoms with Gasteiger partial charge in [0.2, 0.25) is 0 Å². The minimum absolute atomic E-state index is 0.565. The zero-order chi connectivity index (χ0) is 11.4. The number of aromatic nitrogens is 2. The standard InChI is InChI=1S/C11H18Br2N2/c1-4-9-11(13)10(7-6-8(3)12)15(5-2)14-9/h8H,4-7H2,1-3H3. The minimum Gasteiger partial charge on any atom is -0.268 e. The average molecular weight is 338 g/mol. The fourth-order valence-electron chi connectivity index (χ4n) is 1.59. The number of aryl methyl sites for hydroxylation is 2.